The predicted molar refractivity (Wildman–Crippen MR) is 73.5 cm³/mol. The van der Waals surface area contributed by atoms with Gasteiger partial charge in [-0.1, -0.05) is 19.3 Å². The summed E-state index contributed by atoms with van der Waals surface area (Å²) in [6.07, 6.45) is 5.83. The highest BCUT2D eigenvalue weighted by atomic mass is 16.2. The van der Waals surface area contributed by atoms with Crippen molar-refractivity contribution in [1.29, 1.82) is 5.26 Å². The third-order valence-corrected chi connectivity index (χ3v) is 4.34. The molecule has 0 aromatic heterocycles. The van der Waals surface area contributed by atoms with Gasteiger partial charge >= 0.3 is 0 Å². The first-order valence-corrected chi connectivity index (χ1v) is 7.26. The Bertz CT molecular complexity index is 362. The summed E-state index contributed by atoms with van der Waals surface area (Å²) in [6, 6.07) is 2.31. The Hall–Kier alpha value is -1.12. The maximum Gasteiger partial charge on any atom is 0.235 e. The fourth-order valence-corrected chi connectivity index (χ4v) is 2.99. The zero-order valence-electron chi connectivity index (χ0n) is 11.7. The van der Waals surface area contributed by atoms with Crippen molar-refractivity contribution in [3.63, 3.8) is 0 Å². The Morgan fingerprint density at radius 3 is 2.63 bits per heavy atom. The molecule has 1 heterocycles. The molecule has 0 aromatic rings. The maximum absolute atomic E-state index is 12.0. The highest BCUT2D eigenvalue weighted by molar-refractivity contribution is 5.79. The number of amides is 1. The van der Waals surface area contributed by atoms with E-state index in [1.807, 2.05) is 0 Å². The Balaban J connectivity index is 1.81. The molecule has 106 valence electrons. The van der Waals surface area contributed by atoms with Gasteiger partial charge < -0.3 is 16.0 Å². The first-order chi connectivity index (χ1) is 9.08. The summed E-state index contributed by atoms with van der Waals surface area (Å²) < 4.78 is 0. The molecule has 1 saturated carbocycles. The molecule has 19 heavy (non-hydrogen) atoms. The minimum Gasteiger partial charge on any atom is -0.337 e. The second kappa shape index (κ2) is 5.89. The first-order valence-electron chi connectivity index (χ1n) is 7.26. The van der Waals surface area contributed by atoms with Crippen LogP contribution in [0, 0.1) is 11.3 Å². The highest BCUT2D eigenvalue weighted by Gasteiger charge is 2.34. The maximum atomic E-state index is 12.0. The van der Waals surface area contributed by atoms with Crippen LogP contribution in [0.15, 0.2) is 0 Å². The molecule has 0 radical (unpaired) electrons. The number of hydrogen-bond donors (Lipinski definition) is 3. The van der Waals surface area contributed by atoms with Crippen molar-refractivity contribution in [2.24, 2.45) is 0 Å². The lowest BCUT2D eigenvalue weighted by Crippen LogP contribution is -2.54. The van der Waals surface area contributed by atoms with Gasteiger partial charge in [0.15, 0.2) is 0 Å². The van der Waals surface area contributed by atoms with Crippen molar-refractivity contribution < 1.29 is 4.79 Å². The van der Waals surface area contributed by atoms with Gasteiger partial charge in [-0.3, -0.25) is 4.79 Å². The molecule has 1 unspecified atom stereocenters. The molecule has 3 N–H and O–H groups in total. The van der Waals surface area contributed by atoms with Gasteiger partial charge in [0, 0.05) is 12.1 Å². The van der Waals surface area contributed by atoms with Gasteiger partial charge in [-0.05, 0) is 32.7 Å². The number of rotatable bonds is 4. The van der Waals surface area contributed by atoms with E-state index in [4.69, 9.17) is 0 Å². The zero-order chi connectivity index (χ0) is 13.8. The van der Waals surface area contributed by atoms with E-state index >= 15 is 0 Å². The number of hydrogen-bond acceptors (Lipinski definition) is 4. The lowest BCUT2D eigenvalue weighted by Gasteiger charge is -2.32. The first kappa shape index (κ1) is 14.3. The van der Waals surface area contributed by atoms with Gasteiger partial charge in [-0.25, -0.2) is 0 Å². The van der Waals surface area contributed by atoms with Crippen LogP contribution in [0.4, 0.5) is 0 Å². The van der Waals surface area contributed by atoms with Crippen molar-refractivity contribution >= 4 is 5.91 Å². The monoisotopic (exact) mass is 264 g/mol. The number of carbonyl (C=O) groups is 1. The fourth-order valence-electron chi connectivity index (χ4n) is 2.99. The SMILES string of the molecule is CC1(NCC(=O)NC2(C#N)CCCCC2)CCNC1. The standard InChI is InChI=1S/C14H24N4O/c1-13(7-8-16-11-13)17-9-12(19)18-14(10-15)5-3-2-4-6-14/h16-17H,2-9,11H2,1H3,(H,18,19). The second-order valence-corrected chi connectivity index (χ2v) is 6.14. The molecular formula is C14H24N4O. The molecule has 1 aliphatic carbocycles. The Kier molecular flexibility index (Phi) is 4.43. The average molecular weight is 264 g/mol. The van der Waals surface area contributed by atoms with E-state index in [9.17, 15) is 10.1 Å². The van der Waals surface area contributed by atoms with Gasteiger partial charge in [0.25, 0.3) is 0 Å². The second-order valence-electron chi connectivity index (χ2n) is 6.14. The molecule has 0 aromatic carbocycles. The van der Waals surface area contributed by atoms with Crippen LogP contribution < -0.4 is 16.0 Å². The van der Waals surface area contributed by atoms with E-state index in [0.717, 1.165) is 45.2 Å². The minimum atomic E-state index is -0.619. The Labute approximate surface area is 115 Å². The molecule has 2 rings (SSSR count). The molecule has 0 spiro atoms. The fraction of sp³-hybridized carbons (Fsp3) is 0.857. The van der Waals surface area contributed by atoms with Crippen LogP contribution in [-0.4, -0.2) is 36.6 Å². The Morgan fingerprint density at radius 2 is 2.05 bits per heavy atom. The van der Waals surface area contributed by atoms with Crippen LogP contribution >= 0.6 is 0 Å². The van der Waals surface area contributed by atoms with Crippen molar-refractivity contribution in [1.82, 2.24) is 16.0 Å². The molecule has 1 saturated heterocycles. The summed E-state index contributed by atoms with van der Waals surface area (Å²) in [5, 5.41) is 18.9. The van der Waals surface area contributed by atoms with E-state index in [-0.39, 0.29) is 11.4 Å². The van der Waals surface area contributed by atoms with E-state index in [1.165, 1.54) is 6.42 Å². The number of carbonyl (C=O) groups excluding carboxylic acids is 1. The molecular weight excluding hydrogens is 240 g/mol. The van der Waals surface area contributed by atoms with E-state index in [0.29, 0.717) is 6.54 Å². The number of nitriles is 1. The van der Waals surface area contributed by atoms with Gasteiger partial charge in [0.1, 0.15) is 5.54 Å². The van der Waals surface area contributed by atoms with Gasteiger partial charge in [0.2, 0.25) is 5.91 Å². The quantitative estimate of drug-likeness (QED) is 0.697. The van der Waals surface area contributed by atoms with Crippen LogP contribution in [0.5, 0.6) is 0 Å². The summed E-state index contributed by atoms with van der Waals surface area (Å²) in [7, 11) is 0. The molecule has 2 aliphatic rings. The molecule has 5 nitrogen and oxygen atoms in total. The normalized spacial score (nSPS) is 29.7. The summed E-state index contributed by atoms with van der Waals surface area (Å²) in [5.41, 5.74) is -0.616. The van der Waals surface area contributed by atoms with Crippen molar-refractivity contribution in [3.05, 3.63) is 0 Å². The van der Waals surface area contributed by atoms with Crippen molar-refractivity contribution in [2.75, 3.05) is 19.6 Å². The van der Waals surface area contributed by atoms with Gasteiger partial charge in [-0.2, -0.15) is 5.26 Å². The van der Waals surface area contributed by atoms with Crippen LogP contribution in [0.2, 0.25) is 0 Å². The minimum absolute atomic E-state index is 0.00368. The largest absolute Gasteiger partial charge is 0.337 e. The number of nitrogens with zero attached hydrogens (tertiary/aromatic N) is 1. The van der Waals surface area contributed by atoms with Gasteiger partial charge in [-0.15, -0.1) is 0 Å². The zero-order valence-corrected chi connectivity index (χ0v) is 11.7. The lowest BCUT2D eigenvalue weighted by molar-refractivity contribution is -0.122. The third kappa shape index (κ3) is 3.68. The topological polar surface area (TPSA) is 77.0 Å². The number of nitrogens with one attached hydrogen (secondary N) is 3. The summed E-state index contributed by atoms with van der Waals surface area (Å²) >= 11 is 0. The van der Waals surface area contributed by atoms with E-state index < -0.39 is 5.54 Å². The summed E-state index contributed by atoms with van der Waals surface area (Å²) in [4.78, 5) is 12.0. The van der Waals surface area contributed by atoms with Crippen LogP contribution in [0.3, 0.4) is 0 Å². The third-order valence-electron chi connectivity index (χ3n) is 4.34. The smallest absolute Gasteiger partial charge is 0.235 e. The molecule has 1 atom stereocenters. The molecule has 5 heteroatoms. The molecule has 1 aliphatic heterocycles. The van der Waals surface area contributed by atoms with E-state index in [1.54, 1.807) is 0 Å². The van der Waals surface area contributed by atoms with Crippen LogP contribution in [-0.2, 0) is 4.79 Å². The molecule has 1 amide bonds. The average Bonchev–Trinajstić information content (AvgIpc) is 2.85. The Morgan fingerprint density at radius 1 is 1.32 bits per heavy atom. The summed E-state index contributed by atoms with van der Waals surface area (Å²) in [5.74, 6) is -0.0587. The highest BCUT2D eigenvalue weighted by Crippen LogP contribution is 2.27. The summed E-state index contributed by atoms with van der Waals surface area (Å²) in [6.45, 7) is 4.31. The van der Waals surface area contributed by atoms with Crippen LogP contribution in [0.1, 0.15) is 45.4 Å². The van der Waals surface area contributed by atoms with Crippen molar-refractivity contribution in [3.8, 4) is 6.07 Å². The molecule has 0 bridgehead atoms. The van der Waals surface area contributed by atoms with Crippen molar-refractivity contribution in [2.45, 2.75) is 56.5 Å². The lowest BCUT2D eigenvalue weighted by atomic mass is 9.83. The van der Waals surface area contributed by atoms with E-state index in [2.05, 4.69) is 28.9 Å². The predicted octanol–water partition coefficient (Wildman–Crippen LogP) is 0.671. The van der Waals surface area contributed by atoms with Crippen LogP contribution in [0.25, 0.3) is 0 Å². The van der Waals surface area contributed by atoms with Gasteiger partial charge in [0.05, 0.1) is 12.6 Å². The molecule has 2 fully saturated rings.